The molecule has 8 heteroatoms. The first-order valence-electron chi connectivity index (χ1n) is 11.8. The Morgan fingerprint density at radius 3 is 2.46 bits per heavy atom. The van der Waals surface area contributed by atoms with Gasteiger partial charge < -0.3 is 29.8 Å². The average molecular weight is 484 g/mol. The van der Waals surface area contributed by atoms with Crippen molar-refractivity contribution >= 4 is 11.9 Å². The summed E-state index contributed by atoms with van der Waals surface area (Å²) in [5, 5.41) is 9.37. The summed E-state index contributed by atoms with van der Waals surface area (Å²) in [6, 6.07) is 7.19. The van der Waals surface area contributed by atoms with Gasteiger partial charge in [0.2, 0.25) is 0 Å². The van der Waals surface area contributed by atoms with Gasteiger partial charge in [0.15, 0.2) is 6.10 Å². The van der Waals surface area contributed by atoms with Gasteiger partial charge in [-0.1, -0.05) is 25.5 Å². The number of carbonyl (C=O) groups excluding carboxylic acids is 1. The van der Waals surface area contributed by atoms with Gasteiger partial charge in [0.05, 0.1) is 25.9 Å². The highest BCUT2D eigenvalue weighted by Crippen LogP contribution is 2.38. The molecule has 3 N–H and O–H groups in total. The van der Waals surface area contributed by atoms with E-state index in [-0.39, 0.29) is 0 Å². The number of hydrogen-bond donors (Lipinski definition) is 2. The lowest BCUT2D eigenvalue weighted by molar-refractivity contribution is -0.145. The number of aliphatic carboxylic acids is 1. The van der Waals surface area contributed by atoms with E-state index >= 15 is 0 Å². The summed E-state index contributed by atoms with van der Waals surface area (Å²) in [6.45, 7) is 6.62. The Bertz CT molecular complexity index is 1080. The second-order valence-corrected chi connectivity index (χ2v) is 8.29. The molecule has 2 aromatic rings. The number of fused-ring (bicyclic) bond motifs is 1. The molecule has 0 aliphatic carbocycles. The quantitative estimate of drug-likeness (QED) is 0.325. The fourth-order valence-corrected chi connectivity index (χ4v) is 4.22. The fourth-order valence-electron chi connectivity index (χ4n) is 4.22. The first-order valence-corrected chi connectivity index (χ1v) is 11.8. The van der Waals surface area contributed by atoms with Crippen molar-refractivity contribution in [2.75, 3.05) is 20.3 Å². The van der Waals surface area contributed by atoms with Crippen molar-refractivity contribution in [2.24, 2.45) is 5.73 Å². The van der Waals surface area contributed by atoms with E-state index < -0.39 is 18.0 Å². The van der Waals surface area contributed by atoms with Gasteiger partial charge in [-0.25, -0.2) is 4.79 Å². The Labute approximate surface area is 205 Å². The number of carbonyl (C=O) groups is 2. The predicted octanol–water partition coefficient (Wildman–Crippen LogP) is 4.10. The van der Waals surface area contributed by atoms with E-state index in [1.54, 1.807) is 18.2 Å². The number of ether oxygens (including phenoxy) is 4. The van der Waals surface area contributed by atoms with Crippen LogP contribution in [-0.2, 0) is 24.1 Å². The van der Waals surface area contributed by atoms with E-state index in [1.165, 1.54) is 7.11 Å². The van der Waals surface area contributed by atoms with Gasteiger partial charge >= 0.3 is 5.97 Å². The molecule has 0 aromatic heterocycles. The largest absolute Gasteiger partial charge is 0.495 e. The highest BCUT2D eigenvalue weighted by atomic mass is 16.5. The van der Waals surface area contributed by atoms with E-state index in [9.17, 15) is 14.7 Å². The summed E-state index contributed by atoms with van der Waals surface area (Å²) in [4.78, 5) is 23.1. The van der Waals surface area contributed by atoms with Crippen LogP contribution in [0.5, 0.6) is 23.0 Å². The van der Waals surface area contributed by atoms with Crippen molar-refractivity contribution in [3.63, 3.8) is 0 Å². The SMILES string of the molecule is C=CCc1c(OCCCOc2ccc3c(c2CCC)OC(C(=O)O)CC3)ccc(C(N)=O)c1OC. The minimum atomic E-state index is -0.946. The van der Waals surface area contributed by atoms with Crippen LogP contribution in [0.2, 0.25) is 0 Å². The summed E-state index contributed by atoms with van der Waals surface area (Å²) in [7, 11) is 1.49. The molecule has 35 heavy (non-hydrogen) atoms. The van der Waals surface area contributed by atoms with Crippen molar-refractivity contribution in [1.29, 1.82) is 0 Å². The van der Waals surface area contributed by atoms with Crippen LogP contribution in [0.15, 0.2) is 36.9 Å². The summed E-state index contributed by atoms with van der Waals surface area (Å²) < 4.78 is 23.3. The first kappa shape index (κ1) is 25.9. The lowest BCUT2D eigenvalue weighted by Crippen LogP contribution is -2.31. The molecular weight excluding hydrogens is 450 g/mol. The lowest BCUT2D eigenvalue weighted by atomic mass is 9.96. The van der Waals surface area contributed by atoms with Gasteiger partial charge in [0.1, 0.15) is 23.0 Å². The van der Waals surface area contributed by atoms with Crippen molar-refractivity contribution in [3.8, 4) is 23.0 Å². The van der Waals surface area contributed by atoms with E-state index in [0.29, 0.717) is 73.0 Å². The van der Waals surface area contributed by atoms with Crippen LogP contribution < -0.4 is 24.7 Å². The van der Waals surface area contributed by atoms with Gasteiger partial charge in [-0.3, -0.25) is 4.79 Å². The molecule has 1 aliphatic heterocycles. The number of amides is 1. The van der Waals surface area contributed by atoms with Crippen LogP contribution in [0.25, 0.3) is 0 Å². The van der Waals surface area contributed by atoms with E-state index in [1.807, 2.05) is 12.1 Å². The van der Waals surface area contributed by atoms with Gasteiger partial charge in [-0.2, -0.15) is 0 Å². The maximum atomic E-state index is 11.7. The van der Waals surface area contributed by atoms with E-state index in [4.69, 9.17) is 24.7 Å². The first-order chi connectivity index (χ1) is 16.9. The number of rotatable bonds is 13. The maximum Gasteiger partial charge on any atom is 0.344 e. The number of carboxylic acids is 1. The summed E-state index contributed by atoms with van der Waals surface area (Å²) in [5.74, 6) is 0.826. The monoisotopic (exact) mass is 483 g/mol. The molecule has 1 unspecified atom stereocenters. The highest BCUT2D eigenvalue weighted by Gasteiger charge is 2.28. The molecule has 0 spiro atoms. The third kappa shape index (κ3) is 6.07. The van der Waals surface area contributed by atoms with Crippen LogP contribution in [0.3, 0.4) is 0 Å². The maximum absolute atomic E-state index is 11.7. The van der Waals surface area contributed by atoms with Crippen LogP contribution in [0.4, 0.5) is 0 Å². The van der Waals surface area contributed by atoms with Crippen molar-refractivity contribution < 1.29 is 33.6 Å². The molecule has 1 amide bonds. The zero-order valence-electron chi connectivity index (χ0n) is 20.3. The Morgan fingerprint density at radius 1 is 1.17 bits per heavy atom. The normalized spacial score (nSPS) is 14.4. The molecule has 1 atom stereocenters. The Kier molecular flexibility index (Phi) is 9.00. The molecule has 2 aromatic carbocycles. The van der Waals surface area contributed by atoms with Gasteiger partial charge in [-0.15, -0.1) is 6.58 Å². The van der Waals surface area contributed by atoms with Crippen molar-refractivity contribution in [1.82, 2.24) is 0 Å². The minimum Gasteiger partial charge on any atom is -0.495 e. The zero-order valence-corrected chi connectivity index (χ0v) is 20.3. The molecule has 3 rings (SSSR count). The number of benzene rings is 2. The Balaban J connectivity index is 1.66. The van der Waals surface area contributed by atoms with Gasteiger partial charge in [-0.05, 0) is 49.4 Å². The molecule has 0 fully saturated rings. The molecule has 0 saturated heterocycles. The standard InChI is InChI=1S/C27H33NO7/c1-4-7-18-21(12-9-17-10-13-23(27(30)31)35-24(17)18)33-15-6-16-34-22-14-11-20(26(28)29)25(32-3)19(22)8-5-2/h5,9,11-12,14,23H,2,4,6-8,10,13,15-16H2,1,3H3,(H2,28,29)(H,30,31). The zero-order chi connectivity index (χ0) is 25.4. The van der Waals surface area contributed by atoms with Crippen molar-refractivity contribution in [2.45, 2.75) is 51.6 Å². The number of allylic oxidation sites excluding steroid dienone is 1. The molecule has 0 bridgehead atoms. The molecule has 188 valence electrons. The lowest BCUT2D eigenvalue weighted by Gasteiger charge is -2.26. The fraction of sp³-hybridized carbons (Fsp3) is 0.407. The molecule has 0 saturated carbocycles. The second-order valence-electron chi connectivity index (χ2n) is 8.29. The second kappa shape index (κ2) is 12.1. The van der Waals surface area contributed by atoms with Gasteiger partial charge in [0.25, 0.3) is 5.91 Å². The molecule has 1 heterocycles. The predicted molar refractivity (Wildman–Crippen MR) is 132 cm³/mol. The Morgan fingerprint density at radius 2 is 1.86 bits per heavy atom. The smallest absolute Gasteiger partial charge is 0.344 e. The average Bonchev–Trinajstić information content (AvgIpc) is 2.85. The highest BCUT2D eigenvalue weighted by molar-refractivity contribution is 5.96. The Hall–Kier alpha value is -3.68. The molecule has 8 nitrogen and oxygen atoms in total. The van der Waals surface area contributed by atoms with Crippen LogP contribution in [0, 0.1) is 0 Å². The number of nitrogens with two attached hydrogens (primary N) is 1. The van der Waals surface area contributed by atoms with E-state index in [0.717, 1.165) is 24.0 Å². The van der Waals surface area contributed by atoms with E-state index in [2.05, 4.69) is 13.5 Å². The minimum absolute atomic E-state index is 0.295. The topological polar surface area (TPSA) is 117 Å². The van der Waals surface area contributed by atoms with Gasteiger partial charge in [0, 0.05) is 17.5 Å². The summed E-state index contributed by atoms with van der Waals surface area (Å²) >= 11 is 0. The van der Waals surface area contributed by atoms with Crippen LogP contribution in [0.1, 0.15) is 53.2 Å². The molecule has 1 aliphatic rings. The van der Waals surface area contributed by atoms with Crippen molar-refractivity contribution in [3.05, 3.63) is 59.2 Å². The third-order valence-electron chi connectivity index (χ3n) is 5.85. The number of aryl methyl sites for hydroxylation is 1. The molecular formula is C27H33NO7. The third-order valence-corrected chi connectivity index (χ3v) is 5.85. The number of primary amides is 1. The number of methoxy groups -OCH3 is 1. The van der Waals surface area contributed by atoms with Crippen LogP contribution in [-0.4, -0.2) is 43.4 Å². The summed E-state index contributed by atoms with van der Waals surface area (Å²) in [6.07, 6.45) is 4.69. The number of hydrogen-bond acceptors (Lipinski definition) is 6. The van der Waals surface area contributed by atoms with Crippen LogP contribution >= 0.6 is 0 Å². The molecule has 0 radical (unpaired) electrons. The summed E-state index contributed by atoms with van der Waals surface area (Å²) in [5.41, 5.74) is 8.40. The number of carboxylic acid groups (broad SMARTS) is 1.